The Kier molecular flexibility index (Phi) is 7.16. The zero-order valence-electron chi connectivity index (χ0n) is 19.1. The zero-order valence-corrected chi connectivity index (χ0v) is 19.9. The lowest BCUT2D eigenvalue weighted by atomic mass is 10.1. The van der Waals surface area contributed by atoms with Gasteiger partial charge in [-0.1, -0.05) is 42.1 Å². The van der Waals surface area contributed by atoms with Gasteiger partial charge in [-0.15, -0.1) is 0 Å². The molecule has 0 aliphatic carbocycles. The molecule has 1 aromatic heterocycles. The Morgan fingerprint density at radius 2 is 1.82 bits per heavy atom. The Hall–Kier alpha value is -2.84. The number of aromatic nitrogens is 2. The van der Waals surface area contributed by atoms with Gasteiger partial charge >= 0.3 is 0 Å². The van der Waals surface area contributed by atoms with Gasteiger partial charge in [-0.3, -0.25) is 4.79 Å². The lowest BCUT2D eigenvalue weighted by molar-refractivity contribution is -0.128. The van der Waals surface area contributed by atoms with Gasteiger partial charge < -0.3 is 19.1 Å². The molecule has 3 aromatic rings. The fraction of sp³-hybridized carbons (Fsp3) is 0.385. The van der Waals surface area contributed by atoms with E-state index in [0.717, 1.165) is 61.2 Å². The van der Waals surface area contributed by atoms with Crippen molar-refractivity contribution >= 4 is 23.4 Å². The monoisotopic (exact) mass is 480 g/mol. The third-order valence-corrected chi connectivity index (χ3v) is 7.42. The summed E-state index contributed by atoms with van der Waals surface area (Å²) >= 11 is 1.50. The van der Waals surface area contributed by atoms with Crippen molar-refractivity contribution in [2.45, 2.75) is 30.6 Å². The molecule has 1 amide bonds. The van der Waals surface area contributed by atoms with Crippen LogP contribution < -0.4 is 4.90 Å². The first-order valence-corrected chi connectivity index (χ1v) is 12.8. The van der Waals surface area contributed by atoms with Crippen LogP contribution in [0.4, 0.5) is 10.1 Å². The smallest absolute Gasteiger partial charge is 0.233 e. The third kappa shape index (κ3) is 5.28. The number of ether oxygens (including phenoxy) is 1. The van der Waals surface area contributed by atoms with E-state index in [-0.39, 0.29) is 17.8 Å². The number of amides is 1. The quantitative estimate of drug-likeness (QED) is 0.472. The van der Waals surface area contributed by atoms with E-state index >= 15 is 0 Å². The van der Waals surface area contributed by atoms with Crippen LogP contribution in [0.15, 0.2) is 66.0 Å². The van der Waals surface area contributed by atoms with Crippen LogP contribution in [0.1, 0.15) is 12.8 Å². The maximum Gasteiger partial charge on any atom is 0.233 e. The van der Waals surface area contributed by atoms with E-state index in [2.05, 4.69) is 26.6 Å². The molecular weight excluding hydrogens is 451 g/mol. The first kappa shape index (κ1) is 22.9. The van der Waals surface area contributed by atoms with Crippen LogP contribution >= 0.6 is 11.8 Å². The maximum atomic E-state index is 13.2. The molecule has 2 aliphatic rings. The summed E-state index contributed by atoms with van der Waals surface area (Å²) in [5, 5.41) is 0.854. The van der Waals surface area contributed by atoms with Crippen LogP contribution in [0.25, 0.3) is 11.3 Å². The van der Waals surface area contributed by atoms with Crippen molar-refractivity contribution in [3.63, 3.8) is 0 Å². The molecular formula is C26H29FN4O2S. The number of nitrogens with zero attached hydrogens (tertiary/aromatic N) is 4. The first-order chi connectivity index (χ1) is 16.7. The highest BCUT2D eigenvalue weighted by molar-refractivity contribution is 7.99. The number of halogens is 1. The Morgan fingerprint density at radius 1 is 1.06 bits per heavy atom. The molecule has 1 unspecified atom stereocenters. The molecule has 5 rings (SSSR count). The number of benzene rings is 2. The van der Waals surface area contributed by atoms with E-state index < -0.39 is 0 Å². The molecule has 34 heavy (non-hydrogen) atoms. The molecule has 2 aromatic carbocycles. The minimum Gasteiger partial charge on any atom is -0.376 e. The number of imidazole rings is 1. The molecule has 6 nitrogen and oxygen atoms in total. The fourth-order valence-corrected chi connectivity index (χ4v) is 5.46. The molecule has 0 saturated carbocycles. The molecule has 8 heteroatoms. The second-order valence-electron chi connectivity index (χ2n) is 8.67. The van der Waals surface area contributed by atoms with Crippen molar-refractivity contribution < 1.29 is 13.9 Å². The van der Waals surface area contributed by atoms with Crippen molar-refractivity contribution in [1.82, 2.24) is 14.5 Å². The summed E-state index contributed by atoms with van der Waals surface area (Å²) in [6.07, 6.45) is 4.23. The maximum absolute atomic E-state index is 13.2. The Balaban J connectivity index is 1.22. The van der Waals surface area contributed by atoms with Crippen molar-refractivity contribution in [2.24, 2.45) is 0 Å². The summed E-state index contributed by atoms with van der Waals surface area (Å²) < 4.78 is 21.3. The predicted octanol–water partition coefficient (Wildman–Crippen LogP) is 4.31. The van der Waals surface area contributed by atoms with E-state index in [0.29, 0.717) is 18.8 Å². The lowest BCUT2D eigenvalue weighted by Gasteiger charge is -2.36. The number of carbonyl (C=O) groups is 1. The van der Waals surface area contributed by atoms with E-state index in [1.165, 1.54) is 23.9 Å². The summed E-state index contributed by atoms with van der Waals surface area (Å²) in [6.45, 7) is 4.37. The normalized spacial score (nSPS) is 18.4. The van der Waals surface area contributed by atoms with E-state index in [4.69, 9.17) is 4.74 Å². The Morgan fingerprint density at radius 3 is 2.53 bits per heavy atom. The minimum absolute atomic E-state index is 0.122. The molecule has 3 heterocycles. The van der Waals surface area contributed by atoms with Crippen LogP contribution in [-0.4, -0.2) is 65.0 Å². The Bertz CT molecular complexity index is 1090. The number of hydrogen-bond acceptors (Lipinski definition) is 5. The molecule has 2 aliphatic heterocycles. The van der Waals surface area contributed by atoms with Crippen LogP contribution in [0, 0.1) is 5.82 Å². The average molecular weight is 481 g/mol. The molecule has 2 fully saturated rings. The summed E-state index contributed by atoms with van der Waals surface area (Å²) in [6, 6.07) is 16.8. The number of piperazine rings is 1. The highest BCUT2D eigenvalue weighted by Gasteiger charge is 2.24. The Labute approximate surface area is 203 Å². The van der Waals surface area contributed by atoms with Crippen molar-refractivity contribution in [2.75, 3.05) is 43.4 Å². The van der Waals surface area contributed by atoms with Crippen LogP contribution in [0.3, 0.4) is 0 Å². The van der Waals surface area contributed by atoms with E-state index in [9.17, 15) is 9.18 Å². The van der Waals surface area contributed by atoms with Gasteiger partial charge in [0.2, 0.25) is 5.91 Å². The number of anilines is 1. The first-order valence-electron chi connectivity index (χ1n) is 11.8. The average Bonchev–Trinajstić information content (AvgIpc) is 3.54. The van der Waals surface area contributed by atoms with Crippen molar-refractivity contribution in [3.05, 3.63) is 66.6 Å². The molecule has 2 saturated heterocycles. The van der Waals surface area contributed by atoms with Crippen molar-refractivity contribution in [1.29, 1.82) is 0 Å². The van der Waals surface area contributed by atoms with Gasteiger partial charge in [0.25, 0.3) is 0 Å². The summed E-state index contributed by atoms with van der Waals surface area (Å²) in [4.78, 5) is 21.7. The summed E-state index contributed by atoms with van der Waals surface area (Å²) in [5.74, 6) is 0.243. The molecule has 0 spiro atoms. The van der Waals surface area contributed by atoms with Gasteiger partial charge in [-0.2, -0.15) is 0 Å². The molecule has 0 bridgehead atoms. The number of thioether (sulfide) groups is 1. The highest BCUT2D eigenvalue weighted by Crippen LogP contribution is 2.28. The number of rotatable bonds is 7. The topological polar surface area (TPSA) is 50.6 Å². The highest BCUT2D eigenvalue weighted by atomic mass is 32.2. The van der Waals surface area contributed by atoms with Crippen LogP contribution in [0.5, 0.6) is 0 Å². The second kappa shape index (κ2) is 10.6. The van der Waals surface area contributed by atoms with Gasteiger partial charge in [0, 0.05) is 38.5 Å². The molecule has 178 valence electrons. The minimum atomic E-state index is -0.233. The zero-order chi connectivity index (χ0) is 23.3. The second-order valence-corrected chi connectivity index (χ2v) is 9.61. The predicted molar refractivity (Wildman–Crippen MR) is 133 cm³/mol. The van der Waals surface area contributed by atoms with E-state index in [1.807, 2.05) is 29.3 Å². The summed E-state index contributed by atoms with van der Waals surface area (Å²) in [7, 11) is 0. The fourth-order valence-electron chi connectivity index (χ4n) is 4.57. The molecule has 0 radical (unpaired) electrons. The van der Waals surface area contributed by atoms with Crippen LogP contribution in [0.2, 0.25) is 0 Å². The van der Waals surface area contributed by atoms with Gasteiger partial charge in [-0.05, 0) is 42.7 Å². The van der Waals surface area contributed by atoms with Gasteiger partial charge in [0.05, 0.1) is 30.3 Å². The molecule has 1 atom stereocenters. The largest absolute Gasteiger partial charge is 0.376 e. The third-order valence-electron chi connectivity index (χ3n) is 6.45. The van der Waals surface area contributed by atoms with Crippen molar-refractivity contribution in [3.8, 4) is 11.3 Å². The summed E-state index contributed by atoms with van der Waals surface area (Å²) in [5.41, 5.74) is 3.16. The standard InChI is InChI=1S/C26H29FN4O2S/c27-21-8-10-22(11-9-21)29-12-14-30(15-13-29)25(32)19-34-26-28-17-24(20-5-2-1-3-6-20)31(26)18-23-7-4-16-33-23/h1-3,5-6,8-11,17,23H,4,7,12-16,18-19H2. The lowest BCUT2D eigenvalue weighted by Crippen LogP contribution is -2.49. The number of carbonyl (C=O) groups excluding carboxylic acids is 1. The molecule has 0 N–H and O–H groups in total. The van der Waals surface area contributed by atoms with Crippen LogP contribution in [-0.2, 0) is 16.1 Å². The van der Waals surface area contributed by atoms with Gasteiger partial charge in [0.15, 0.2) is 5.16 Å². The van der Waals surface area contributed by atoms with E-state index in [1.54, 1.807) is 12.1 Å². The van der Waals surface area contributed by atoms with Gasteiger partial charge in [0.1, 0.15) is 5.82 Å². The number of hydrogen-bond donors (Lipinski definition) is 0. The SMILES string of the molecule is O=C(CSc1ncc(-c2ccccc2)n1CC1CCCO1)N1CCN(c2ccc(F)cc2)CC1. The van der Waals surface area contributed by atoms with Gasteiger partial charge in [-0.25, -0.2) is 9.37 Å².